The molecule has 4 rings (SSSR count). The van der Waals surface area contributed by atoms with E-state index in [4.69, 9.17) is 4.84 Å². The molecule has 2 aliphatic heterocycles. The first-order valence-corrected chi connectivity index (χ1v) is 11.3. The average Bonchev–Trinajstić information content (AvgIpc) is 3.43. The number of carbonyl (C=O) groups excluding carboxylic acids is 3. The van der Waals surface area contributed by atoms with Gasteiger partial charge in [-0.05, 0) is 49.2 Å². The van der Waals surface area contributed by atoms with Gasteiger partial charge in [-0.1, -0.05) is 22.9 Å². The van der Waals surface area contributed by atoms with Gasteiger partial charge < -0.3 is 19.4 Å². The Labute approximate surface area is 212 Å². The van der Waals surface area contributed by atoms with Crippen LogP contribution >= 0.6 is 0 Å². The van der Waals surface area contributed by atoms with E-state index >= 15 is 0 Å². The van der Waals surface area contributed by atoms with Gasteiger partial charge in [-0.3, -0.25) is 9.59 Å². The van der Waals surface area contributed by atoms with Crippen molar-refractivity contribution in [1.29, 1.82) is 0 Å². The maximum absolute atomic E-state index is 14.3. The molecule has 2 amide bonds. The zero-order chi connectivity index (χ0) is 28.0. The van der Waals surface area contributed by atoms with Crippen molar-refractivity contribution in [2.45, 2.75) is 38.2 Å². The molecule has 0 bridgehead atoms. The van der Waals surface area contributed by atoms with Crippen LogP contribution in [0, 0.1) is 13.8 Å². The number of aryl methyl sites for hydroxylation is 2. The minimum absolute atomic E-state index is 0.0266. The fourth-order valence-corrected chi connectivity index (χ4v) is 4.48. The molecule has 2 aliphatic rings. The molecule has 2 heterocycles. The SMILES string of the molecule is Cc1cc(C(F)(F)F)cc(C2(C(F)(F)F)CC(c3ccc(C(=O)N4CC(=O)N(CC=O)C4)c(C)c3)=NO2)c1. The van der Waals surface area contributed by atoms with Gasteiger partial charge in [-0.2, -0.15) is 26.3 Å². The Balaban J connectivity index is 1.62. The number of aldehydes is 1. The quantitative estimate of drug-likeness (QED) is 0.417. The third kappa shape index (κ3) is 4.84. The number of rotatable bonds is 5. The van der Waals surface area contributed by atoms with Crippen LogP contribution in [-0.4, -0.2) is 59.5 Å². The summed E-state index contributed by atoms with van der Waals surface area (Å²) in [5.41, 5.74) is -4.53. The lowest BCUT2D eigenvalue weighted by molar-refractivity contribution is -0.276. The molecule has 2 aromatic carbocycles. The smallest absolute Gasteiger partial charge is 0.374 e. The van der Waals surface area contributed by atoms with Crippen LogP contribution in [0.15, 0.2) is 41.6 Å². The molecule has 0 saturated carbocycles. The molecule has 1 unspecified atom stereocenters. The van der Waals surface area contributed by atoms with Gasteiger partial charge in [-0.15, -0.1) is 0 Å². The first-order chi connectivity index (χ1) is 17.7. The van der Waals surface area contributed by atoms with E-state index in [0.717, 1.165) is 12.1 Å². The molecule has 202 valence electrons. The van der Waals surface area contributed by atoms with E-state index in [1.807, 2.05) is 0 Å². The first-order valence-electron chi connectivity index (χ1n) is 11.3. The summed E-state index contributed by atoms with van der Waals surface area (Å²) in [6.07, 6.45) is -10.3. The second kappa shape index (κ2) is 9.44. The lowest BCUT2D eigenvalue weighted by Gasteiger charge is -2.30. The number of hydrogen-bond acceptors (Lipinski definition) is 5. The topological polar surface area (TPSA) is 79.3 Å². The van der Waals surface area contributed by atoms with Gasteiger partial charge >= 0.3 is 12.4 Å². The predicted octanol–water partition coefficient (Wildman–Crippen LogP) is 4.35. The standard InChI is InChI=1S/C25H21F6N3O4/c1-14-7-17(10-18(8-14)24(26,27)28)23(25(29,30)31)11-20(32-38-23)16-3-4-19(15(2)9-16)22(37)34-12-21(36)33(13-34)5-6-35/h3-4,6-10H,5,11-13H2,1-2H3. The third-order valence-electron chi connectivity index (χ3n) is 6.45. The van der Waals surface area contributed by atoms with E-state index in [1.165, 1.54) is 34.9 Å². The Bertz CT molecular complexity index is 1340. The van der Waals surface area contributed by atoms with Crippen LogP contribution in [0.25, 0.3) is 0 Å². The van der Waals surface area contributed by atoms with Crippen LogP contribution in [0.2, 0.25) is 0 Å². The van der Waals surface area contributed by atoms with Gasteiger partial charge in [0.05, 0.1) is 24.5 Å². The number of amides is 2. The van der Waals surface area contributed by atoms with Gasteiger partial charge in [0.2, 0.25) is 5.91 Å². The molecule has 0 spiro atoms. The lowest BCUT2D eigenvalue weighted by Crippen LogP contribution is -2.43. The van der Waals surface area contributed by atoms with E-state index in [0.29, 0.717) is 17.9 Å². The number of oxime groups is 1. The van der Waals surface area contributed by atoms with Crippen molar-refractivity contribution < 1.29 is 45.6 Å². The van der Waals surface area contributed by atoms with E-state index in [2.05, 4.69) is 5.16 Å². The fraction of sp³-hybridized carbons (Fsp3) is 0.360. The van der Waals surface area contributed by atoms with Gasteiger partial charge in [0.25, 0.3) is 11.5 Å². The number of halogens is 6. The Morgan fingerprint density at radius 1 is 1.11 bits per heavy atom. The van der Waals surface area contributed by atoms with E-state index in [1.54, 1.807) is 6.92 Å². The van der Waals surface area contributed by atoms with Crippen molar-refractivity contribution in [3.8, 4) is 0 Å². The molecule has 1 atom stereocenters. The molecular formula is C25H21F6N3O4. The molecule has 0 radical (unpaired) electrons. The zero-order valence-corrected chi connectivity index (χ0v) is 20.1. The van der Waals surface area contributed by atoms with Crippen LogP contribution in [0.3, 0.4) is 0 Å². The highest BCUT2D eigenvalue weighted by molar-refractivity contribution is 6.04. The largest absolute Gasteiger partial charge is 0.435 e. The van der Waals surface area contributed by atoms with E-state index in [9.17, 15) is 40.7 Å². The third-order valence-corrected chi connectivity index (χ3v) is 6.45. The Kier molecular flexibility index (Phi) is 6.74. The van der Waals surface area contributed by atoms with Crippen molar-refractivity contribution in [2.24, 2.45) is 5.16 Å². The molecule has 0 N–H and O–H groups in total. The van der Waals surface area contributed by atoms with E-state index in [-0.39, 0.29) is 42.2 Å². The molecule has 0 aliphatic carbocycles. The van der Waals surface area contributed by atoms with Crippen LogP contribution in [0.1, 0.15) is 44.6 Å². The summed E-state index contributed by atoms with van der Waals surface area (Å²) in [6.45, 7) is 2.33. The van der Waals surface area contributed by atoms with Gasteiger partial charge in [0, 0.05) is 17.5 Å². The maximum Gasteiger partial charge on any atom is 0.435 e. The summed E-state index contributed by atoms with van der Waals surface area (Å²) in [5.74, 6) is -0.907. The van der Waals surface area contributed by atoms with Crippen LogP contribution in [-0.2, 0) is 26.2 Å². The molecular weight excluding hydrogens is 520 g/mol. The van der Waals surface area contributed by atoms with Crippen molar-refractivity contribution in [3.05, 3.63) is 69.8 Å². The van der Waals surface area contributed by atoms with Crippen LogP contribution in [0.4, 0.5) is 26.3 Å². The van der Waals surface area contributed by atoms with Gasteiger partial charge in [0.15, 0.2) is 0 Å². The summed E-state index contributed by atoms with van der Waals surface area (Å²) in [5, 5.41) is 3.59. The summed E-state index contributed by atoms with van der Waals surface area (Å²) in [6, 6.07) is 6.28. The Morgan fingerprint density at radius 2 is 1.82 bits per heavy atom. The second-order valence-corrected chi connectivity index (χ2v) is 9.17. The molecule has 1 saturated heterocycles. The van der Waals surface area contributed by atoms with Crippen molar-refractivity contribution >= 4 is 23.8 Å². The summed E-state index contributed by atoms with van der Waals surface area (Å²) >= 11 is 0. The molecule has 2 aromatic rings. The normalized spacial score (nSPS) is 20.0. The minimum Gasteiger partial charge on any atom is -0.374 e. The Morgan fingerprint density at radius 3 is 2.42 bits per heavy atom. The van der Waals surface area contributed by atoms with Crippen LogP contribution in [0.5, 0.6) is 0 Å². The highest BCUT2D eigenvalue weighted by Crippen LogP contribution is 2.50. The number of benzene rings is 2. The highest BCUT2D eigenvalue weighted by atomic mass is 19.4. The summed E-state index contributed by atoms with van der Waals surface area (Å²) < 4.78 is 82.9. The number of alkyl halides is 6. The molecule has 38 heavy (non-hydrogen) atoms. The van der Waals surface area contributed by atoms with Gasteiger partial charge in [-0.25, -0.2) is 0 Å². The highest BCUT2D eigenvalue weighted by Gasteiger charge is 2.62. The number of nitrogens with zero attached hydrogens (tertiary/aromatic N) is 3. The first kappa shape index (κ1) is 27.1. The number of hydrogen-bond donors (Lipinski definition) is 0. The summed E-state index contributed by atoms with van der Waals surface area (Å²) in [7, 11) is 0. The monoisotopic (exact) mass is 541 g/mol. The second-order valence-electron chi connectivity index (χ2n) is 9.17. The maximum atomic E-state index is 14.3. The minimum atomic E-state index is -5.10. The van der Waals surface area contributed by atoms with Crippen molar-refractivity contribution in [2.75, 3.05) is 19.8 Å². The van der Waals surface area contributed by atoms with Crippen molar-refractivity contribution in [1.82, 2.24) is 9.80 Å². The number of carbonyl (C=O) groups is 3. The predicted molar refractivity (Wildman–Crippen MR) is 121 cm³/mol. The van der Waals surface area contributed by atoms with E-state index < -0.39 is 47.3 Å². The average molecular weight is 541 g/mol. The van der Waals surface area contributed by atoms with Gasteiger partial charge in [0.1, 0.15) is 12.8 Å². The molecule has 7 nitrogen and oxygen atoms in total. The molecule has 13 heteroatoms. The Hall–Kier alpha value is -3.90. The molecule has 0 aromatic heterocycles. The zero-order valence-electron chi connectivity index (χ0n) is 20.1. The summed E-state index contributed by atoms with van der Waals surface area (Å²) in [4.78, 5) is 42.9. The van der Waals surface area contributed by atoms with Crippen LogP contribution < -0.4 is 0 Å². The molecule has 1 fully saturated rings. The lowest BCUT2D eigenvalue weighted by atomic mass is 9.84. The van der Waals surface area contributed by atoms with Crippen molar-refractivity contribution in [3.63, 3.8) is 0 Å². The fourth-order valence-electron chi connectivity index (χ4n) is 4.48.